The van der Waals surface area contributed by atoms with Crippen LogP contribution in [0.1, 0.15) is 35.9 Å². The van der Waals surface area contributed by atoms with Crippen LogP contribution in [0.2, 0.25) is 0 Å². The maximum absolute atomic E-state index is 8.93. The Balaban J connectivity index is 2.18. The second-order valence-corrected chi connectivity index (χ2v) is 5.65. The van der Waals surface area contributed by atoms with Gasteiger partial charge in [0.1, 0.15) is 0 Å². The topological polar surface area (TPSA) is 0 Å². The van der Waals surface area contributed by atoms with Gasteiger partial charge >= 0.3 is 0 Å². The van der Waals surface area contributed by atoms with Crippen LogP contribution in [0, 0.1) is 0 Å². The zero-order valence-corrected chi connectivity index (χ0v) is 12.2. The van der Waals surface area contributed by atoms with Gasteiger partial charge in [-0.1, -0.05) is 66.5 Å². The Morgan fingerprint density at radius 2 is 1.75 bits per heavy atom. The monoisotopic (exact) mass is 318 g/mol. The summed E-state index contributed by atoms with van der Waals surface area (Å²) in [7, 11) is 0. The molecule has 112 valence electrons. The van der Waals surface area contributed by atoms with Gasteiger partial charge in [0.25, 0.3) is 0 Å². The summed E-state index contributed by atoms with van der Waals surface area (Å²) in [6.07, 6.45) is -3.14. The van der Waals surface area contributed by atoms with Crippen molar-refractivity contribution in [2.45, 2.75) is 12.8 Å². The Labute approximate surface area is 160 Å². The van der Waals surface area contributed by atoms with Gasteiger partial charge < -0.3 is 0 Å². The molecule has 0 aliphatic heterocycles. The third-order valence-electron chi connectivity index (χ3n) is 4.47. The molecule has 2 unspecified atom stereocenters. The first kappa shape index (κ1) is 5.32. The number of hydrogen-bond donors (Lipinski definition) is 0. The summed E-state index contributed by atoms with van der Waals surface area (Å²) >= 11 is 0. The zero-order chi connectivity index (χ0) is 27.9. The molecular formula is C24H16. The molecule has 2 atom stereocenters. The van der Waals surface area contributed by atoms with Gasteiger partial charge in [0.2, 0.25) is 0 Å². The molecule has 0 bridgehead atoms. The van der Waals surface area contributed by atoms with E-state index in [1.54, 1.807) is 0 Å². The van der Waals surface area contributed by atoms with Crippen LogP contribution in [0.15, 0.2) is 60.5 Å². The van der Waals surface area contributed by atoms with Gasteiger partial charge in [0, 0.05) is 2.74 Å². The van der Waals surface area contributed by atoms with Crippen LogP contribution >= 0.6 is 0 Å². The summed E-state index contributed by atoms with van der Waals surface area (Å²) < 4.78 is 120. The summed E-state index contributed by atoms with van der Waals surface area (Å²) in [6, 6.07) is -6.48. The van der Waals surface area contributed by atoms with Gasteiger partial charge in [-0.3, -0.25) is 0 Å². The van der Waals surface area contributed by atoms with Crippen LogP contribution in [0.3, 0.4) is 0 Å². The Hall–Kier alpha value is -2.86. The quantitative estimate of drug-likeness (QED) is 0.304. The molecule has 0 saturated heterocycles. The van der Waals surface area contributed by atoms with E-state index in [0.29, 0.717) is 0 Å². The average molecular weight is 318 g/mol. The summed E-state index contributed by atoms with van der Waals surface area (Å²) in [6.45, 7) is 0. The minimum atomic E-state index is -1.59. The summed E-state index contributed by atoms with van der Waals surface area (Å²) in [5.41, 5.74) is -0.278. The molecule has 0 radical (unpaired) electrons. The van der Waals surface area contributed by atoms with Crippen molar-refractivity contribution in [3.63, 3.8) is 0 Å². The maximum Gasteiger partial charge on any atom is 0.0636 e. The molecule has 0 fully saturated rings. The highest BCUT2D eigenvalue weighted by atomic mass is 14.2. The van der Waals surface area contributed by atoms with E-state index in [-0.39, 0.29) is 54.2 Å². The molecule has 0 nitrogen and oxygen atoms in total. The fourth-order valence-electron chi connectivity index (χ4n) is 3.52. The van der Waals surface area contributed by atoms with Gasteiger partial charge in [-0.25, -0.2) is 0 Å². The van der Waals surface area contributed by atoms with Crippen LogP contribution in [0.25, 0.3) is 44.4 Å². The summed E-state index contributed by atoms with van der Waals surface area (Å²) in [5.74, 6) is 0. The van der Waals surface area contributed by atoms with Crippen LogP contribution in [0.5, 0.6) is 0 Å². The molecule has 2 aliphatic carbocycles. The van der Waals surface area contributed by atoms with E-state index in [1.807, 2.05) is 0 Å². The highest BCUT2D eigenvalue weighted by molar-refractivity contribution is 6.24. The Bertz CT molecular complexity index is 1970. The molecule has 24 heavy (non-hydrogen) atoms. The van der Waals surface area contributed by atoms with Crippen molar-refractivity contribution in [3.8, 4) is 0 Å². The van der Waals surface area contributed by atoms with Gasteiger partial charge in [0.15, 0.2) is 0 Å². The summed E-state index contributed by atoms with van der Waals surface area (Å²) in [4.78, 5) is 0. The van der Waals surface area contributed by atoms with E-state index in [4.69, 9.17) is 19.2 Å². The van der Waals surface area contributed by atoms with E-state index < -0.39 is 85.4 Å². The lowest BCUT2D eigenvalue weighted by molar-refractivity contribution is 1.15. The third kappa shape index (κ3) is 1.44. The zero-order valence-electron chi connectivity index (χ0n) is 26.2. The van der Waals surface area contributed by atoms with Crippen LogP contribution < -0.4 is 5.22 Å². The lowest BCUT2D eigenvalue weighted by Crippen LogP contribution is -2.17. The SMILES string of the molecule is [2H]C1=C([2H])C([2H])c2c3c4c(c([2H])c([2H])c5c([2H])c6c([2H])c([2H])c([2H])c([2H])c6c(c2=C1[2H])c45)C([2H])=C([2H])C3[2H]. The van der Waals surface area contributed by atoms with Crippen molar-refractivity contribution < 1.29 is 19.2 Å². The molecular weight excluding hydrogens is 288 g/mol. The van der Waals surface area contributed by atoms with Crippen LogP contribution in [-0.4, -0.2) is 0 Å². The van der Waals surface area contributed by atoms with Crippen molar-refractivity contribution >= 4 is 44.4 Å². The molecule has 0 heterocycles. The van der Waals surface area contributed by atoms with Crippen molar-refractivity contribution in [1.29, 1.82) is 0 Å². The minimum Gasteiger partial charge on any atom is -0.0801 e. The molecule has 0 heteroatoms. The Morgan fingerprint density at radius 3 is 2.75 bits per heavy atom. The van der Waals surface area contributed by atoms with Crippen molar-refractivity contribution in [1.82, 2.24) is 0 Å². The Morgan fingerprint density at radius 1 is 0.833 bits per heavy atom. The molecule has 0 aromatic heterocycles. The molecule has 0 amide bonds. The first-order valence-corrected chi connectivity index (χ1v) is 7.40. The standard InChI is InChI=1S/C24H16/c1-2-8-18-16(6-1)14-17-13-12-15-7-5-11-20-19-9-3-4-10-21(19)24(18)23(17)22(15)20/h1-8,10,12-14H,9,11H2/i1D,2D,3D,4D,5D,6D,7D,8D,9D,10D,11D,12D,13D,14D. The highest BCUT2D eigenvalue weighted by Gasteiger charge is 2.20. The van der Waals surface area contributed by atoms with E-state index in [1.165, 1.54) is 0 Å². The molecule has 0 saturated carbocycles. The van der Waals surface area contributed by atoms with E-state index in [2.05, 4.69) is 0 Å². The third-order valence-corrected chi connectivity index (χ3v) is 4.47. The molecule has 4 aromatic rings. The van der Waals surface area contributed by atoms with Gasteiger partial charge in [-0.2, -0.15) is 0 Å². The van der Waals surface area contributed by atoms with Crippen LogP contribution in [0.4, 0.5) is 0 Å². The van der Waals surface area contributed by atoms with E-state index in [0.717, 1.165) is 0 Å². The lowest BCUT2D eigenvalue weighted by atomic mass is 9.81. The second kappa shape index (κ2) is 4.36. The van der Waals surface area contributed by atoms with Crippen molar-refractivity contribution in [2.75, 3.05) is 0 Å². The molecule has 6 rings (SSSR count). The van der Waals surface area contributed by atoms with Gasteiger partial charge in [-0.05, 0) is 73.1 Å². The number of fused-ring (bicyclic) bond motifs is 5. The second-order valence-electron chi connectivity index (χ2n) is 5.65. The molecule has 0 spiro atoms. The van der Waals surface area contributed by atoms with Crippen molar-refractivity contribution in [2.24, 2.45) is 0 Å². The smallest absolute Gasteiger partial charge is 0.0636 e. The fraction of sp³-hybridized carbons (Fsp3) is 0.0833. The predicted octanol–water partition coefficient (Wildman–Crippen LogP) is 5.33. The van der Waals surface area contributed by atoms with Gasteiger partial charge in [0.05, 0.1) is 16.4 Å². The normalized spacial score (nSPS) is 31.6. The fourth-order valence-corrected chi connectivity index (χ4v) is 3.52. The van der Waals surface area contributed by atoms with E-state index >= 15 is 0 Å². The number of hydrogen-bond acceptors (Lipinski definition) is 0. The van der Waals surface area contributed by atoms with Crippen LogP contribution in [-0.2, 0) is 12.8 Å². The average Bonchev–Trinajstić information content (AvgIpc) is 2.89. The first-order valence-electron chi connectivity index (χ1n) is 14.6. The molecule has 2 aliphatic rings. The maximum atomic E-state index is 8.93. The van der Waals surface area contributed by atoms with E-state index in [9.17, 15) is 0 Å². The van der Waals surface area contributed by atoms with Crippen molar-refractivity contribution in [3.05, 3.63) is 82.4 Å². The first-order chi connectivity index (χ1) is 17.7. The minimum absolute atomic E-state index is 0.0185. The number of rotatable bonds is 0. The lowest BCUT2D eigenvalue weighted by Gasteiger charge is -2.22. The Kier molecular flexibility index (Phi) is 0.967. The summed E-state index contributed by atoms with van der Waals surface area (Å²) in [5, 5.41) is -0.741. The molecule has 4 aromatic carbocycles. The largest absolute Gasteiger partial charge is 0.0801 e. The highest BCUT2D eigenvalue weighted by Crippen LogP contribution is 2.39. The van der Waals surface area contributed by atoms with Gasteiger partial charge in [-0.15, -0.1) is 0 Å². The number of allylic oxidation sites excluding steroid dienone is 3. The predicted molar refractivity (Wildman–Crippen MR) is 104 cm³/mol. The number of benzene rings is 4. The molecule has 0 N–H and O–H groups in total.